The number of nitrogens with one attached hydrogen (secondary N) is 1. The predicted molar refractivity (Wildman–Crippen MR) is 86.4 cm³/mol. The molecule has 1 heterocycles. The Kier molecular flexibility index (Phi) is 3.69. The number of aryl methyl sites for hydroxylation is 1. The van der Waals surface area contributed by atoms with Crippen molar-refractivity contribution in [3.8, 4) is 11.4 Å². The second-order valence-corrected chi connectivity index (χ2v) is 6.28. The molecule has 1 aromatic carbocycles. The molecule has 20 heavy (non-hydrogen) atoms. The third-order valence-corrected chi connectivity index (χ3v) is 4.70. The van der Waals surface area contributed by atoms with Crippen LogP contribution in [-0.2, 0) is 0 Å². The molecule has 0 radical (unpaired) electrons. The number of aromatic nitrogens is 2. The summed E-state index contributed by atoms with van der Waals surface area (Å²) in [5, 5.41) is 3.87. The maximum atomic E-state index is 6.20. The first-order valence-corrected chi connectivity index (χ1v) is 7.79. The molecule has 1 aliphatic carbocycles. The van der Waals surface area contributed by atoms with Gasteiger partial charge in [0.15, 0.2) is 5.82 Å². The normalized spacial score (nSPS) is 14.4. The van der Waals surface area contributed by atoms with Gasteiger partial charge in [0.1, 0.15) is 5.82 Å². The molecular weight excluding hydrogens is 338 g/mol. The van der Waals surface area contributed by atoms with E-state index in [2.05, 4.69) is 26.2 Å². The number of hydrogen-bond donors (Lipinski definition) is 1. The third kappa shape index (κ3) is 2.54. The van der Waals surface area contributed by atoms with Crippen LogP contribution in [0.1, 0.15) is 30.0 Å². The van der Waals surface area contributed by atoms with Crippen molar-refractivity contribution in [1.82, 2.24) is 9.97 Å². The Morgan fingerprint density at radius 1 is 1.30 bits per heavy atom. The van der Waals surface area contributed by atoms with E-state index in [0.717, 1.165) is 38.0 Å². The van der Waals surface area contributed by atoms with Gasteiger partial charge in [-0.3, -0.25) is 0 Å². The van der Waals surface area contributed by atoms with Gasteiger partial charge in [-0.25, -0.2) is 9.97 Å². The van der Waals surface area contributed by atoms with Gasteiger partial charge >= 0.3 is 0 Å². The molecule has 0 unspecified atom stereocenters. The van der Waals surface area contributed by atoms with Gasteiger partial charge in [0.05, 0.1) is 10.2 Å². The van der Waals surface area contributed by atoms with Gasteiger partial charge in [-0.1, -0.05) is 23.7 Å². The molecule has 0 atom stereocenters. The fourth-order valence-electron chi connectivity index (χ4n) is 2.12. The van der Waals surface area contributed by atoms with Crippen LogP contribution >= 0.6 is 27.5 Å². The van der Waals surface area contributed by atoms with Crippen LogP contribution in [0.3, 0.4) is 0 Å². The second-order valence-electron chi connectivity index (χ2n) is 5.08. The number of hydrogen-bond acceptors (Lipinski definition) is 3. The minimum atomic E-state index is 0.555. The molecule has 1 saturated carbocycles. The molecule has 3 rings (SSSR count). The highest BCUT2D eigenvalue weighted by molar-refractivity contribution is 9.10. The lowest BCUT2D eigenvalue weighted by Gasteiger charge is -2.11. The summed E-state index contributed by atoms with van der Waals surface area (Å²) in [6, 6.07) is 5.94. The van der Waals surface area contributed by atoms with Crippen molar-refractivity contribution < 1.29 is 0 Å². The maximum absolute atomic E-state index is 6.20. The average molecular weight is 353 g/mol. The summed E-state index contributed by atoms with van der Waals surface area (Å²) in [6.45, 7) is 1.99. The summed E-state index contributed by atoms with van der Waals surface area (Å²) >= 11 is 9.80. The van der Waals surface area contributed by atoms with Gasteiger partial charge in [0.2, 0.25) is 0 Å². The standard InChI is InChI=1S/C15H15BrClN3/c1-8-3-4-10(7-11(8)17)14-19-13(9-5-6-9)12(16)15(18-2)20-14/h3-4,7,9H,5-6H2,1-2H3,(H,18,19,20). The predicted octanol–water partition coefficient (Wildman–Crippen LogP) is 4.79. The zero-order chi connectivity index (χ0) is 14.3. The summed E-state index contributed by atoms with van der Waals surface area (Å²) in [5.74, 6) is 2.11. The number of benzene rings is 1. The van der Waals surface area contributed by atoms with Crippen molar-refractivity contribution in [2.24, 2.45) is 0 Å². The molecule has 3 nitrogen and oxygen atoms in total. The topological polar surface area (TPSA) is 37.8 Å². The first kappa shape index (κ1) is 13.8. The zero-order valence-corrected chi connectivity index (χ0v) is 13.7. The number of halogens is 2. The molecule has 0 saturated heterocycles. The molecule has 0 aliphatic heterocycles. The van der Waals surface area contributed by atoms with Crippen molar-refractivity contribution >= 4 is 33.3 Å². The third-order valence-electron chi connectivity index (χ3n) is 3.51. The van der Waals surface area contributed by atoms with E-state index in [4.69, 9.17) is 16.6 Å². The van der Waals surface area contributed by atoms with Crippen LogP contribution in [0.15, 0.2) is 22.7 Å². The van der Waals surface area contributed by atoms with Gasteiger partial charge in [-0.2, -0.15) is 0 Å². The summed E-state index contributed by atoms with van der Waals surface area (Å²) in [7, 11) is 1.87. The van der Waals surface area contributed by atoms with E-state index >= 15 is 0 Å². The lowest BCUT2D eigenvalue weighted by atomic mass is 10.1. The first-order chi connectivity index (χ1) is 9.60. The van der Waals surface area contributed by atoms with Crippen LogP contribution in [0, 0.1) is 6.92 Å². The average Bonchev–Trinajstić information content (AvgIpc) is 3.27. The molecule has 1 aliphatic rings. The molecule has 5 heteroatoms. The molecule has 1 fully saturated rings. The Bertz CT molecular complexity index is 668. The molecule has 0 amide bonds. The quantitative estimate of drug-likeness (QED) is 0.863. The van der Waals surface area contributed by atoms with Gasteiger partial charge in [-0.05, 0) is 47.3 Å². The van der Waals surface area contributed by atoms with E-state index in [1.807, 2.05) is 32.2 Å². The van der Waals surface area contributed by atoms with E-state index in [9.17, 15) is 0 Å². The van der Waals surface area contributed by atoms with E-state index in [0.29, 0.717) is 5.92 Å². The Hall–Kier alpha value is -1.13. The number of nitrogens with zero attached hydrogens (tertiary/aromatic N) is 2. The largest absolute Gasteiger partial charge is 0.372 e. The van der Waals surface area contributed by atoms with E-state index in [1.54, 1.807) is 0 Å². The van der Waals surface area contributed by atoms with Crippen molar-refractivity contribution in [2.75, 3.05) is 12.4 Å². The molecule has 104 valence electrons. The molecule has 1 N–H and O–H groups in total. The van der Waals surface area contributed by atoms with E-state index < -0.39 is 0 Å². The Labute approximate surface area is 131 Å². The number of anilines is 1. The monoisotopic (exact) mass is 351 g/mol. The van der Waals surface area contributed by atoms with Crippen LogP contribution in [0.25, 0.3) is 11.4 Å². The van der Waals surface area contributed by atoms with Crippen molar-refractivity contribution in [1.29, 1.82) is 0 Å². The Morgan fingerprint density at radius 3 is 2.65 bits per heavy atom. The zero-order valence-electron chi connectivity index (χ0n) is 11.4. The maximum Gasteiger partial charge on any atom is 0.161 e. The fraction of sp³-hybridized carbons (Fsp3) is 0.333. The summed E-state index contributed by atoms with van der Waals surface area (Å²) < 4.78 is 0.976. The van der Waals surface area contributed by atoms with Crippen LogP contribution in [0.5, 0.6) is 0 Å². The summed E-state index contributed by atoms with van der Waals surface area (Å²) in [4.78, 5) is 9.30. The summed E-state index contributed by atoms with van der Waals surface area (Å²) in [6.07, 6.45) is 2.40. The van der Waals surface area contributed by atoms with Crippen molar-refractivity contribution in [3.63, 3.8) is 0 Å². The second kappa shape index (κ2) is 5.34. The highest BCUT2D eigenvalue weighted by atomic mass is 79.9. The Balaban J connectivity index is 2.12. The lowest BCUT2D eigenvalue weighted by Crippen LogP contribution is -2.02. The minimum Gasteiger partial charge on any atom is -0.372 e. The molecule has 1 aromatic heterocycles. The van der Waals surface area contributed by atoms with Gasteiger partial charge in [0.25, 0.3) is 0 Å². The van der Waals surface area contributed by atoms with Crippen LogP contribution < -0.4 is 5.32 Å². The summed E-state index contributed by atoms with van der Waals surface area (Å²) in [5.41, 5.74) is 3.10. The lowest BCUT2D eigenvalue weighted by molar-refractivity contribution is 0.980. The van der Waals surface area contributed by atoms with Crippen LogP contribution in [0.2, 0.25) is 5.02 Å². The first-order valence-electron chi connectivity index (χ1n) is 6.62. The SMILES string of the molecule is CNc1nc(-c2ccc(C)c(Cl)c2)nc(C2CC2)c1Br. The van der Waals surface area contributed by atoms with Crippen LogP contribution in [0.4, 0.5) is 5.82 Å². The van der Waals surface area contributed by atoms with Gasteiger partial charge < -0.3 is 5.32 Å². The Morgan fingerprint density at radius 2 is 2.05 bits per heavy atom. The van der Waals surface area contributed by atoms with E-state index in [-0.39, 0.29) is 0 Å². The number of rotatable bonds is 3. The molecule has 2 aromatic rings. The van der Waals surface area contributed by atoms with E-state index in [1.165, 1.54) is 12.8 Å². The van der Waals surface area contributed by atoms with Gasteiger partial charge in [-0.15, -0.1) is 0 Å². The minimum absolute atomic E-state index is 0.555. The highest BCUT2D eigenvalue weighted by Crippen LogP contribution is 2.44. The fourth-order valence-corrected chi connectivity index (χ4v) is 3.00. The van der Waals surface area contributed by atoms with Crippen molar-refractivity contribution in [3.05, 3.63) is 39.0 Å². The molecular formula is C15H15BrClN3. The molecule has 0 bridgehead atoms. The smallest absolute Gasteiger partial charge is 0.161 e. The highest BCUT2D eigenvalue weighted by Gasteiger charge is 2.29. The molecule has 0 spiro atoms. The van der Waals surface area contributed by atoms with Crippen molar-refractivity contribution in [2.45, 2.75) is 25.7 Å². The van der Waals surface area contributed by atoms with Crippen LogP contribution in [-0.4, -0.2) is 17.0 Å². The van der Waals surface area contributed by atoms with Gasteiger partial charge in [0, 0.05) is 23.6 Å².